The van der Waals surface area contributed by atoms with E-state index in [-0.39, 0.29) is 11.1 Å². The zero-order valence-corrected chi connectivity index (χ0v) is 10.1. The quantitative estimate of drug-likeness (QED) is 0.826. The molecule has 0 heterocycles. The molecular formula is C14H13F2NO. The van der Waals surface area contributed by atoms with Crippen molar-refractivity contribution >= 4 is 5.69 Å². The lowest BCUT2D eigenvalue weighted by atomic mass is 10.0. The van der Waals surface area contributed by atoms with Crippen LogP contribution in [0.3, 0.4) is 0 Å². The minimum atomic E-state index is -0.474. The van der Waals surface area contributed by atoms with Gasteiger partial charge in [-0.3, -0.25) is 0 Å². The van der Waals surface area contributed by atoms with Crippen LogP contribution in [0, 0.1) is 18.6 Å². The van der Waals surface area contributed by atoms with Gasteiger partial charge in [-0.05, 0) is 42.3 Å². The molecule has 2 aromatic rings. The number of hydrogen-bond acceptors (Lipinski definition) is 2. The van der Waals surface area contributed by atoms with Crippen molar-refractivity contribution in [3.63, 3.8) is 0 Å². The van der Waals surface area contributed by atoms with E-state index in [2.05, 4.69) is 0 Å². The van der Waals surface area contributed by atoms with E-state index in [1.165, 1.54) is 26.2 Å². The van der Waals surface area contributed by atoms with E-state index in [4.69, 9.17) is 10.5 Å². The molecule has 0 aromatic heterocycles. The Hall–Kier alpha value is -2.10. The lowest BCUT2D eigenvalue weighted by Gasteiger charge is -2.09. The summed E-state index contributed by atoms with van der Waals surface area (Å²) in [7, 11) is 1.50. The molecule has 4 heteroatoms. The van der Waals surface area contributed by atoms with E-state index in [0.29, 0.717) is 17.0 Å². The van der Waals surface area contributed by atoms with E-state index < -0.39 is 11.6 Å². The predicted molar refractivity (Wildman–Crippen MR) is 67.5 cm³/mol. The molecule has 0 fully saturated rings. The summed E-state index contributed by atoms with van der Waals surface area (Å²) in [5.74, 6) is -0.411. The van der Waals surface area contributed by atoms with E-state index in [1.54, 1.807) is 18.2 Å². The van der Waals surface area contributed by atoms with E-state index >= 15 is 0 Å². The van der Waals surface area contributed by atoms with Gasteiger partial charge in [0.25, 0.3) is 0 Å². The Balaban J connectivity index is 2.55. The summed E-state index contributed by atoms with van der Waals surface area (Å²) in [6.07, 6.45) is 0. The van der Waals surface area contributed by atoms with Crippen molar-refractivity contribution in [1.29, 1.82) is 0 Å². The number of nitrogen functional groups attached to an aromatic ring is 1. The fourth-order valence-corrected chi connectivity index (χ4v) is 1.77. The normalized spacial score (nSPS) is 10.4. The fraction of sp³-hybridized carbons (Fsp3) is 0.143. The van der Waals surface area contributed by atoms with E-state index in [1.807, 2.05) is 0 Å². The second-order valence-electron chi connectivity index (χ2n) is 4.04. The van der Waals surface area contributed by atoms with Crippen LogP contribution in [0.5, 0.6) is 5.75 Å². The standard InChI is InChI=1S/C14H13F2NO/c1-8-5-12(16)10(7-11(8)15)9-3-4-14(18-2)13(17)6-9/h3-7H,17H2,1-2H3. The molecule has 0 aliphatic heterocycles. The molecule has 0 atom stereocenters. The van der Waals surface area contributed by atoms with E-state index in [0.717, 1.165) is 0 Å². The summed E-state index contributed by atoms with van der Waals surface area (Å²) < 4.78 is 32.3. The monoisotopic (exact) mass is 249 g/mol. The van der Waals surface area contributed by atoms with Crippen LogP contribution in [0.4, 0.5) is 14.5 Å². The van der Waals surface area contributed by atoms with Crippen LogP contribution in [-0.2, 0) is 0 Å². The van der Waals surface area contributed by atoms with Crippen molar-refractivity contribution in [2.75, 3.05) is 12.8 Å². The zero-order chi connectivity index (χ0) is 13.3. The summed E-state index contributed by atoms with van der Waals surface area (Å²) in [6, 6.07) is 7.17. The van der Waals surface area contributed by atoms with Crippen molar-refractivity contribution in [3.8, 4) is 16.9 Å². The van der Waals surface area contributed by atoms with Gasteiger partial charge in [0.1, 0.15) is 17.4 Å². The van der Waals surface area contributed by atoms with Gasteiger partial charge in [0.05, 0.1) is 12.8 Å². The van der Waals surface area contributed by atoms with Crippen LogP contribution in [0.1, 0.15) is 5.56 Å². The molecule has 94 valence electrons. The van der Waals surface area contributed by atoms with Gasteiger partial charge in [-0.15, -0.1) is 0 Å². The maximum Gasteiger partial charge on any atom is 0.141 e. The van der Waals surface area contributed by atoms with Gasteiger partial charge in [0.15, 0.2) is 0 Å². The first kappa shape index (κ1) is 12.4. The van der Waals surface area contributed by atoms with Crippen LogP contribution < -0.4 is 10.5 Å². The average molecular weight is 249 g/mol. The third-order valence-electron chi connectivity index (χ3n) is 2.79. The molecule has 0 saturated carbocycles. The number of rotatable bonds is 2. The molecule has 2 N–H and O–H groups in total. The number of benzene rings is 2. The number of hydrogen-bond donors (Lipinski definition) is 1. The third kappa shape index (κ3) is 2.14. The fourth-order valence-electron chi connectivity index (χ4n) is 1.77. The Morgan fingerprint density at radius 1 is 1.06 bits per heavy atom. The van der Waals surface area contributed by atoms with Gasteiger partial charge >= 0.3 is 0 Å². The highest BCUT2D eigenvalue weighted by Crippen LogP contribution is 2.30. The maximum atomic E-state index is 13.8. The maximum absolute atomic E-state index is 13.8. The van der Waals surface area contributed by atoms with Crippen molar-refractivity contribution in [1.82, 2.24) is 0 Å². The van der Waals surface area contributed by atoms with Gasteiger partial charge < -0.3 is 10.5 Å². The summed E-state index contributed by atoms with van der Waals surface area (Å²) in [5, 5.41) is 0. The summed E-state index contributed by atoms with van der Waals surface area (Å²) in [6.45, 7) is 1.52. The molecule has 0 spiro atoms. The number of methoxy groups -OCH3 is 1. The van der Waals surface area contributed by atoms with Crippen molar-refractivity contribution in [2.24, 2.45) is 0 Å². The summed E-state index contributed by atoms with van der Waals surface area (Å²) >= 11 is 0. The molecule has 0 aliphatic carbocycles. The largest absolute Gasteiger partial charge is 0.495 e. The molecular weight excluding hydrogens is 236 g/mol. The van der Waals surface area contributed by atoms with Gasteiger partial charge in [-0.1, -0.05) is 6.07 Å². The average Bonchev–Trinajstić information content (AvgIpc) is 2.33. The Labute approximate surface area is 104 Å². The number of nitrogens with two attached hydrogens (primary N) is 1. The van der Waals surface area contributed by atoms with Crippen LogP contribution in [0.2, 0.25) is 0 Å². The number of ether oxygens (including phenoxy) is 1. The smallest absolute Gasteiger partial charge is 0.141 e. The summed E-state index contributed by atoms with van der Waals surface area (Å²) in [4.78, 5) is 0. The Morgan fingerprint density at radius 2 is 1.78 bits per heavy atom. The third-order valence-corrected chi connectivity index (χ3v) is 2.79. The Bertz CT molecular complexity index is 597. The van der Waals surface area contributed by atoms with Crippen LogP contribution >= 0.6 is 0 Å². The second-order valence-corrected chi connectivity index (χ2v) is 4.04. The van der Waals surface area contributed by atoms with Gasteiger partial charge in [-0.25, -0.2) is 8.78 Å². The number of aryl methyl sites for hydroxylation is 1. The second kappa shape index (κ2) is 4.64. The number of anilines is 1. The zero-order valence-electron chi connectivity index (χ0n) is 10.1. The predicted octanol–water partition coefficient (Wildman–Crippen LogP) is 3.53. The van der Waals surface area contributed by atoms with Gasteiger partial charge in [0, 0.05) is 5.56 Å². The topological polar surface area (TPSA) is 35.2 Å². The van der Waals surface area contributed by atoms with Crippen molar-refractivity contribution in [3.05, 3.63) is 47.5 Å². The molecule has 0 bridgehead atoms. The van der Waals surface area contributed by atoms with Crippen molar-refractivity contribution < 1.29 is 13.5 Å². The van der Waals surface area contributed by atoms with Crippen molar-refractivity contribution in [2.45, 2.75) is 6.92 Å². The van der Waals surface area contributed by atoms with Gasteiger partial charge in [0.2, 0.25) is 0 Å². The first-order valence-electron chi connectivity index (χ1n) is 5.42. The molecule has 2 rings (SSSR count). The highest BCUT2D eigenvalue weighted by atomic mass is 19.1. The lowest BCUT2D eigenvalue weighted by molar-refractivity contribution is 0.417. The Morgan fingerprint density at radius 3 is 2.39 bits per heavy atom. The minimum Gasteiger partial charge on any atom is -0.495 e. The van der Waals surface area contributed by atoms with Crippen LogP contribution in [0.15, 0.2) is 30.3 Å². The molecule has 0 amide bonds. The molecule has 0 unspecified atom stereocenters. The first-order chi connectivity index (χ1) is 8.52. The number of halogens is 2. The van der Waals surface area contributed by atoms with Gasteiger partial charge in [-0.2, -0.15) is 0 Å². The van der Waals surface area contributed by atoms with Crippen LogP contribution in [0.25, 0.3) is 11.1 Å². The highest BCUT2D eigenvalue weighted by molar-refractivity contribution is 5.71. The molecule has 2 nitrogen and oxygen atoms in total. The summed E-state index contributed by atoms with van der Waals surface area (Å²) in [5.41, 5.74) is 7.11. The molecule has 2 aromatic carbocycles. The Kier molecular flexibility index (Phi) is 3.19. The molecule has 0 aliphatic rings. The SMILES string of the molecule is COc1ccc(-c2cc(F)c(C)cc2F)cc1N. The molecule has 18 heavy (non-hydrogen) atoms. The van der Waals surface area contributed by atoms with Crippen LogP contribution in [-0.4, -0.2) is 7.11 Å². The highest BCUT2D eigenvalue weighted by Gasteiger charge is 2.10. The minimum absolute atomic E-state index is 0.187. The molecule has 0 radical (unpaired) electrons. The van der Waals surface area contributed by atoms with E-state index in [9.17, 15) is 8.78 Å². The first-order valence-corrected chi connectivity index (χ1v) is 5.42. The molecule has 0 saturated heterocycles. The lowest BCUT2D eigenvalue weighted by Crippen LogP contribution is -1.94.